The fraction of sp³-hybridized carbons (Fsp3) is 0.308. The minimum atomic E-state index is -0.0180. The van der Waals surface area contributed by atoms with Gasteiger partial charge < -0.3 is 4.74 Å². The number of allylic oxidation sites excluding steroid dienone is 1. The van der Waals surface area contributed by atoms with Crippen molar-refractivity contribution in [2.45, 2.75) is 4.58 Å². The zero-order chi connectivity index (χ0) is 12.7. The Bertz CT molecular complexity index is 398. The number of benzene rings is 1. The molecule has 92 valence electrons. The summed E-state index contributed by atoms with van der Waals surface area (Å²) < 4.78 is 5.47. The predicted octanol–water partition coefficient (Wildman–Crippen LogP) is 3.49. The molecule has 1 aromatic carbocycles. The Labute approximate surface area is 111 Å². The van der Waals surface area contributed by atoms with Crippen LogP contribution >= 0.6 is 23.5 Å². The Morgan fingerprint density at radius 1 is 1.29 bits per heavy atom. The van der Waals surface area contributed by atoms with E-state index in [0.717, 1.165) is 0 Å². The third kappa shape index (κ3) is 4.13. The van der Waals surface area contributed by atoms with Crippen molar-refractivity contribution in [2.75, 3.05) is 19.6 Å². The van der Waals surface area contributed by atoms with Crippen molar-refractivity contribution in [3.05, 3.63) is 42.0 Å². The SMILES string of the molecule is COc1ccccc1C(=O)C=CC(SC)SC. The molecule has 0 aliphatic carbocycles. The number of rotatable bonds is 6. The molecule has 0 aromatic heterocycles. The number of ketones is 1. The van der Waals surface area contributed by atoms with Crippen molar-refractivity contribution < 1.29 is 9.53 Å². The number of hydrogen-bond acceptors (Lipinski definition) is 4. The van der Waals surface area contributed by atoms with Crippen molar-refractivity contribution in [3.63, 3.8) is 0 Å². The lowest BCUT2D eigenvalue weighted by Crippen LogP contribution is -2.00. The van der Waals surface area contributed by atoms with Gasteiger partial charge in [-0.25, -0.2) is 0 Å². The monoisotopic (exact) mass is 268 g/mol. The highest BCUT2D eigenvalue weighted by atomic mass is 32.2. The Morgan fingerprint density at radius 2 is 1.94 bits per heavy atom. The van der Waals surface area contributed by atoms with Gasteiger partial charge in [-0.05, 0) is 30.7 Å². The molecule has 0 unspecified atom stereocenters. The molecule has 0 saturated carbocycles. The lowest BCUT2D eigenvalue weighted by molar-refractivity contribution is 0.104. The molecule has 17 heavy (non-hydrogen) atoms. The number of ether oxygens (including phenoxy) is 1. The maximum Gasteiger partial charge on any atom is 0.189 e. The summed E-state index contributed by atoms with van der Waals surface area (Å²) in [7, 11) is 1.57. The molecule has 0 aliphatic heterocycles. The van der Waals surface area contributed by atoms with Gasteiger partial charge in [-0.15, -0.1) is 23.5 Å². The summed E-state index contributed by atoms with van der Waals surface area (Å²) in [4.78, 5) is 12.0. The predicted molar refractivity (Wildman–Crippen MR) is 77.3 cm³/mol. The van der Waals surface area contributed by atoms with Gasteiger partial charge >= 0.3 is 0 Å². The maximum atomic E-state index is 12.0. The first-order chi connectivity index (χ1) is 8.22. The van der Waals surface area contributed by atoms with Crippen LogP contribution in [0.3, 0.4) is 0 Å². The van der Waals surface area contributed by atoms with Gasteiger partial charge in [-0.3, -0.25) is 4.79 Å². The van der Waals surface area contributed by atoms with Gasteiger partial charge in [0, 0.05) is 0 Å². The molecular weight excluding hydrogens is 252 g/mol. The minimum absolute atomic E-state index is 0.0180. The largest absolute Gasteiger partial charge is 0.496 e. The summed E-state index contributed by atoms with van der Waals surface area (Å²) in [5.41, 5.74) is 0.604. The Balaban J connectivity index is 2.82. The Kier molecular flexibility index (Phi) is 6.22. The first-order valence-corrected chi connectivity index (χ1v) is 7.71. The van der Waals surface area contributed by atoms with Crippen LogP contribution in [0.2, 0.25) is 0 Å². The van der Waals surface area contributed by atoms with Gasteiger partial charge in [0.2, 0.25) is 0 Å². The first-order valence-electron chi connectivity index (χ1n) is 5.14. The smallest absolute Gasteiger partial charge is 0.189 e. The highest BCUT2D eigenvalue weighted by Crippen LogP contribution is 2.21. The van der Waals surface area contributed by atoms with E-state index in [1.54, 1.807) is 48.8 Å². The van der Waals surface area contributed by atoms with Gasteiger partial charge in [-0.2, -0.15) is 0 Å². The minimum Gasteiger partial charge on any atom is -0.496 e. The number of hydrogen-bond donors (Lipinski definition) is 0. The van der Waals surface area contributed by atoms with E-state index in [4.69, 9.17) is 4.74 Å². The standard InChI is InChI=1S/C13H16O2S2/c1-15-12-7-5-4-6-10(12)11(14)8-9-13(16-2)17-3/h4-9,13H,1-3H3. The molecule has 1 aromatic rings. The summed E-state index contributed by atoms with van der Waals surface area (Å²) in [6.45, 7) is 0. The van der Waals surface area contributed by atoms with Crippen LogP contribution in [0, 0.1) is 0 Å². The van der Waals surface area contributed by atoms with Crippen molar-refractivity contribution in [3.8, 4) is 5.75 Å². The molecule has 1 rings (SSSR count). The zero-order valence-electron chi connectivity index (χ0n) is 10.2. The Hall–Kier alpha value is -0.870. The normalized spacial score (nSPS) is 11.1. The van der Waals surface area contributed by atoms with Crippen LogP contribution < -0.4 is 4.74 Å². The molecule has 2 nitrogen and oxygen atoms in total. The van der Waals surface area contributed by atoms with Gasteiger partial charge in [0.25, 0.3) is 0 Å². The van der Waals surface area contributed by atoms with E-state index in [1.165, 1.54) is 0 Å². The summed E-state index contributed by atoms with van der Waals surface area (Å²) in [6, 6.07) is 7.26. The number of carbonyl (C=O) groups excluding carboxylic acids is 1. The lowest BCUT2D eigenvalue weighted by atomic mass is 10.1. The highest BCUT2D eigenvalue weighted by Gasteiger charge is 2.08. The van der Waals surface area contributed by atoms with Gasteiger partial charge in [0.05, 0.1) is 17.3 Å². The topological polar surface area (TPSA) is 26.3 Å². The number of carbonyl (C=O) groups is 1. The molecule has 0 spiro atoms. The highest BCUT2D eigenvalue weighted by molar-refractivity contribution is 8.16. The van der Waals surface area contributed by atoms with Crippen molar-refractivity contribution in [1.29, 1.82) is 0 Å². The molecule has 0 radical (unpaired) electrons. The molecule has 0 heterocycles. The second kappa shape index (κ2) is 7.45. The van der Waals surface area contributed by atoms with Crippen molar-refractivity contribution in [1.82, 2.24) is 0 Å². The van der Waals surface area contributed by atoms with Crippen LogP contribution in [0.4, 0.5) is 0 Å². The second-order valence-electron chi connectivity index (χ2n) is 3.26. The van der Waals surface area contributed by atoms with Crippen LogP contribution in [-0.4, -0.2) is 30.0 Å². The molecule has 0 bridgehead atoms. The second-order valence-corrected chi connectivity index (χ2v) is 5.52. The Morgan fingerprint density at radius 3 is 2.53 bits per heavy atom. The van der Waals surface area contributed by atoms with Gasteiger partial charge in [0.1, 0.15) is 5.75 Å². The van der Waals surface area contributed by atoms with E-state index in [1.807, 2.05) is 30.7 Å². The van der Waals surface area contributed by atoms with E-state index in [-0.39, 0.29) is 5.78 Å². The molecule has 0 atom stereocenters. The van der Waals surface area contributed by atoms with Crippen LogP contribution in [0.15, 0.2) is 36.4 Å². The van der Waals surface area contributed by atoms with E-state index < -0.39 is 0 Å². The summed E-state index contributed by atoms with van der Waals surface area (Å²) in [5, 5.41) is 0. The van der Waals surface area contributed by atoms with Crippen LogP contribution in [0.1, 0.15) is 10.4 Å². The van der Waals surface area contributed by atoms with Crippen LogP contribution in [0.25, 0.3) is 0 Å². The number of para-hydroxylation sites is 1. The van der Waals surface area contributed by atoms with Gasteiger partial charge in [-0.1, -0.05) is 18.2 Å². The average molecular weight is 268 g/mol. The third-order valence-electron chi connectivity index (χ3n) is 2.24. The first kappa shape index (κ1) is 14.2. The number of thioether (sulfide) groups is 2. The lowest BCUT2D eigenvalue weighted by Gasteiger charge is -2.06. The molecular formula is C13H16O2S2. The molecule has 0 amide bonds. The molecule has 0 aliphatic rings. The maximum absolute atomic E-state index is 12.0. The van der Waals surface area contributed by atoms with Crippen LogP contribution in [-0.2, 0) is 0 Å². The molecule has 4 heteroatoms. The van der Waals surface area contributed by atoms with Gasteiger partial charge in [0.15, 0.2) is 5.78 Å². The van der Waals surface area contributed by atoms with Crippen LogP contribution in [0.5, 0.6) is 5.75 Å². The van der Waals surface area contributed by atoms with E-state index in [9.17, 15) is 4.79 Å². The number of methoxy groups -OCH3 is 1. The molecule has 0 fully saturated rings. The van der Waals surface area contributed by atoms with E-state index in [2.05, 4.69) is 0 Å². The average Bonchev–Trinajstić information content (AvgIpc) is 2.39. The molecule has 0 saturated heterocycles. The third-order valence-corrected chi connectivity index (χ3v) is 4.64. The summed E-state index contributed by atoms with van der Waals surface area (Å²) >= 11 is 3.42. The quantitative estimate of drug-likeness (QED) is 0.448. The summed E-state index contributed by atoms with van der Waals surface area (Å²) in [5.74, 6) is 0.600. The zero-order valence-corrected chi connectivity index (χ0v) is 11.8. The van der Waals surface area contributed by atoms with Crippen molar-refractivity contribution >= 4 is 29.3 Å². The van der Waals surface area contributed by atoms with Crippen molar-refractivity contribution in [2.24, 2.45) is 0 Å². The fourth-order valence-electron chi connectivity index (χ4n) is 1.36. The summed E-state index contributed by atoms with van der Waals surface area (Å²) in [6.07, 6.45) is 7.60. The van der Waals surface area contributed by atoms with E-state index in [0.29, 0.717) is 15.9 Å². The van der Waals surface area contributed by atoms with E-state index >= 15 is 0 Å². The molecule has 0 N–H and O–H groups in total. The fourth-order valence-corrected chi connectivity index (χ4v) is 2.60.